The standard InChI is InChI=1S/C8H14O3S/c1-4-11-8(9)6-5-7-12(2,3)10/h5-7H,4H2,1-3H3/b6-5-. The smallest absolute Gasteiger partial charge is 0.330 e. The normalized spacial score (nSPS) is 11.6. The van der Waals surface area contributed by atoms with Crippen molar-refractivity contribution in [2.75, 3.05) is 19.1 Å². The van der Waals surface area contributed by atoms with Crippen molar-refractivity contribution >= 4 is 20.9 Å². The summed E-state index contributed by atoms with van der Waals surface area (Å²) in [6, 6.07) is 0. The van der Waals surface area contributed by atoms with Crippen molar-refractivity contribution < 1.29 is 13.7 Å². The van der Waals surface area contributed by atoms with Crippen molar-refractivity contribution in [2.24, 2.45) is 0 Å². The third-order valence-electron chi connectivity index (χ3n) is 0.925. The Labute approximate surface area is 73.4 Å². The van der Waals surface area contributed by atoms with Gasteiger partial charge in [0.05, 0.1) is 6.61 Å². The Morgan fingerprint density at radius 1 is 1.50 bits per heavy atom. The fraction of sp³-hybridized carbons (Fsp3) is 0.500. The average molecular weight is 190 g/mol. The summed E-state index contributed by atoms with van der Waals surface area (Å²) in [6.45, 7) is 2.09. The number of hydrogen-bond acceptors (Lipinski definition) is 3. The SMILES string of the molecule is CCOC(=O)/C=C\C=S(C)(C)=O. The molecule has 12 heavy (non-hydrogen) atoms. The van der Waals surface area contributed by atoms with E-state index < -0.39 is 15.5 Å². The molecule has 0 heterocycles. The molecule has 3 nitrogen and oxygen atoms in total. The maximum Gasteiger partial charge on any atom is 0.330 e. The van der Waals surface area contributed by atoms with Crippen LogP contribution < -0.4 is 0 Å². The summed E-state index contributed by atoms with van der Waals surface area (Å²) in [6.07, 6.45) is 5.92. The number of esters is 1. The Morgan fingerprint density at radius 2 is 2.08 bits per heavy atom. The third kappa shape index (κ3) is 7.34. The van der Waals surface area contributed by atoms with Gasteiger partial charge in [-0.15, -0.1) is 0 Å². The van der Waals surface area contributed by atoms with Gasteiger partial charge in [0.2, 0.25) is 0 Å². The minimum Gasteiger partial charge on any atom is -0.463 e. The first-order chi connectivity index (χ1) is 5.45. The van der Waals surface area contributed by atoms with Gasteiger partial charge in [0.15, 0.2) is 0 Å². The first-order valence-corrected chi connectivity index (χ1v) is 6.02. The summed E-state index contributed by atoms with van der Waals surface area (Å²) in [7, 11) is -1.90. The van der Waals surface area contributed by atoms with E-state index in [2.05, 4.69) is 4.74 Å². The molecule has 0 aromatic heterocycles. The van der Waals surface area contributed by atoms with Crippen molar-refractivity contribution in [1.82, 2.24) is 0 Å². The van der Waals surface area contributed by atoms with Gasteiger partial charge in [-0.1, -0.05) is 0 Å². The molecule has 70 valence electrons. The zero-order chi connectivity index (χ0) is 9.61. The largest absolute Gasteiger partial charge is 0.463 e. The molecule has 0 aromatic carbocycles. The Morgan fingerprint density at radius 3 is 2.50 bits per heavy atom. The molecule has 0 aliphatic carbocycles. The molecule has 0 rings (SSSR count). The maximum atomic E-state index is 11.1. The third-order valence-corrected chi connectivity index (χ3v) is 1.74. The van der Waals surface area contributed by atoms with Crippen molar-refractivity contribution in [2.45, 2.75) is 6.92 Å². The summed E-state index contributed by atoms with van der Waals surface area (Å²) < 4.78 is 15.7. The van der Waals surface area contributed by atoms with E-state index in [1.165, 1.54) is 17.5 Å². The van der Waals surface area contributed by atoms with Crippen LogP contribution in [0.4, 0.5) is 0 Å². The zero-order valence-corrected chi connectivity index (χ0v) is 8.39. The number of rotatable bonds is 3. The monoisotopic (exact) mass is 190 g/mol. The molecule has 0 N–H and O–H groups in total. The lowest BCUT2D eigenvalue weighted by Gasteiger charge is -1.93. The highest BCUT2D eigenvalue weighted by atomic mass is 32.2. The van der Waals surface area contributed by atoms with E-state index in [0.29, 0.717) is 6.61 Å². The van der Waals surface area contributed by atoms with E-state index in [-0.39, 0.29) is 0 Å². The zero-order valence-electron chi connectivity index (χ0n) is 7.57. The lowest BCUT2D eigenvalue weighted by atomic mass is 10.5. The van der Waals surface area contributed by atoms with Gasteiger partial charge in [0.1, 0.15) is 0 Å². The summed E-state index contributed by atoms with van der Waals surface area (Å²) in [4.78, 5) is 10.7. The van der Waals surface area contributed by atoms with Crippen molar-refractivity contribution in [3.63, 3.8) is 0 Å². The fourth-order valence-corrected chi connectivity index (χ4v) is 0.954. The first kappa shape index (κ1) is 11.2. The van der Waals surface area contributed by atoms with Crippen LogP contribution in [0.2, 0.25) is 0 Å². The molecule has 0 radical (unpaired) electrons. The van der Waals surface area contributed by atoms with Crippen LogP contribution in [-0.2, 0) is 19.1 Å². The summed E-state index contributed by atoms with van der Waals surface area (Å²) in [5, 5.41) is 1.49. The van der Waals surface area contributed by atoms with Gasteiger partial charge in [-0.25, -0.2) is 4.79 Å². The van der Waals surface area contributed by atoms with Crippen LogP contribution >= 0.6 is 0 Å². The molecule has 0 aliphatic heterocycles. The van der Waals surface area contributed by atoms with Gasteiger partial charge < -0.3 is 4.74 Å². The highest BCUT2D eigenvalue weighted by molar-refractivity contribution is 8.00. The number of carbonyl (C=O) groups excluding carboxylic acids is 1. The van der Waals surface area contributed by atoms with Crippen LogP contribution in [0.15, 0.2) is 12.2 Å². The fourth-order valence-electron chi connectivity index (χ4n) is 0.497. The molecule has 0 atom stereocenters. The second-order valence-corrected chi connectivity index (χ2v) is 5.45. The summed E-state index contributed by atoms with van der Waals surface area (Å²) in [5.74, 6) is -0.405. The Kier molecular flexibility index (Phi) is 4.66. The maximum absolute atomic E-state index is 11.1. The van der Waals surface area contributed by atoms with Crippen LogP contribution in [0.25, 0.3) is 0 Å². The van der Waals surface area contributed by atoms with E-state index >= 15 is 0 Å². The first-order valence-electron chi connectivity index (χ1n) is 3.58. The number of carbonyl (C=O) groups is 1. The van der Waals surface area contributed by atoms with Gasteiger partial charge in [0.25, 0.3) is 0 Å². The molecule has 0 saturated heterocycles. The molecular weight excluding hydrogens is 176 g/mol. The predicted molar refractivity (Wildman–Crippen MR) is 51.8 cm³/mol. The molecular formula is C8H14O3S. The Hall–Kier alpha value is -0.770. The lowest BCUT2D eigenvalue weighted by molar-refractivity contribution is -0.137. The Balaban J connectivity index is 4.11. The molecule has 0 aromatic rings. The second-order valence-electron chi connectivity index (χ2n) is 2.56. The number of allylic oxidation sites excluding steroid dienone is 1. The minimum atomic E-state index is -1.90. The summed E-state index contributed by atoms with van der Waals surface area (Å²) in [5.41, 5.74) is 0. The van der Waals surface area contributed by atoms with Gasteiger partial charge in [-0.3, -0.25) is 4.21 Å². The van der Waals surface area contributed by atoms with Crippen LogP contribution in [-0.4, -0.2) is 34.7 Å². The van der Waals surface area contributed by atoms with Crippen LogP contribution in [0.1, 0.15) is 6.92 Å². The molecule has 0 fully saturated rings. The molecule has 0 bridgehead atoms. The van der Waals surface area contributed by atoms with Gasteiger partial charge >= 0.3 is 5.97 Å². The molecule has 0 aliphatic rings. The van der Waals surface area contributed by atoms with Gasteiger partial charge in [0, 0.05) is 18.6 Å². The summed E-state index contributed by atoms with van der Waals surface area (Å²) >= 11 is 0. The van der Waals surface area contributed by atoms with Crippen molar-refractivity contribution in [3.05, 3.63) is 12.2 Å². The van der Waals surface area contributed by atoms with Gasteiger partial charge in [-0.2, -0.15) is 0 Å². The van der Waals surface area contributed by atoms with Crippen LogP contribution in [0, 0.1) is 0 Å². The highest BCUT2D eigenvalue weighted by Crippen LogP contribution is 1.81. The van der Waals surface area contributed by atoms with Crippen LogP contribution in [0.3, 0.4) is 0 Å². The second kappa shape index (κ2) is 4.98. The van der Waals surface area contributed by atoms with E-state index in [0.717, 1.165) is 0 Å². The molecule has 4 heteroatoms. The molecule has 0 spiro atoms. The van der Waals surface area contributed by atoms with E-state index in [4.69, 9.17) is 0 Å². The molecule has 0 unspecified atom stereocenters. The van der Waals surface area contributed by atoms with Gasteiger partial charge in [-0.05, 0) is 27.9 Å². The van der Waals surface area contributed by atoms with Crippen molar-refractivity contribution in [3.8, 4) is 0 Å². The molecule has 0 saturated carbocycles. The minimum absolute atomic E-state index is 0.358. The lowest BCUT2D eigenvalue weighted by Crippen LogP contribution is -2.00. The van der Waals surface area contributed by atoms with E-state index in [9.17, 15) is 9.00 Å². The number of hydrogen-bond donors (Lipinski definition) is 0. The average Bonchev–Trinajstić information content (AvgIpc) is 1.84. The predicted octanol–water partition coefficient (Wildman–Crippen LogP) is 0.452. The van der Waals surface area contributed by atoms with Crippen molar-refractivity contribution in [1.29, 1.82) is 0 Å². The quantitative estimate of drug-likeness (QED) is 0.369. The highest BCUT2D eigenvalue weighted by Gasteiger charge is 1.91. The van der Waals surface area contributed by atoms with E-state index in [1.807, 2.05) is 0 Å². The topological polar surface area (TPSA) is 43.4 Å². The Bertz CT molecular complexity index is 275. The molecule has 0 amide bonds. The number of ether oxygens (including phenoxy) is 1. The van der Waals surface area contributed by atoms with E-state index in [1.54, 1.807) is 19.4 Å². The van der Waals surface area contributed by atoms with Crippen LogP contribution in [0.5, 0.6) is 0 Å².